The lowest BCUT2D eigenvalue weighted by atomic mass is 10.1. The van der Waals surface area contributed by atoms with Gasteiger partial charge in [0.05, 0.1) is 30.9 Å². The van der Waals surface area contributed by atoms with Crippen molar-refractivity contribution in [1.29, 1.82) is 0 Å². The standard InChI is InChI=1S/C25H29N3O2/c1-30-23-10-7-20(8-11-23)9-12-24-25(21-5-3-2-4-6-21)26-19-28(24)18-17-27-15-13-22(29)14-16-27/h2-12,19,22,29H,13-18H2,1H3. The van der Waals surface area contributed by atoms with Crippen molar-refractivity contribution in [3.63, 3.8) is 0 Å². The van der Waals surface area contributed by atoms with Gasteiger partial charge in [0.1, 0.15) is 5.75 Å². The van der Waals surface area contributed by atoms with Crippen molar-refractivity contribution in [3.8, 4) is 17.0 Å². The molecule has 1 saturated heterocycles. The SMILES string of the molecule is COc1ccc(C=Cc2c(-c3ccccc3)ncn2CCN2CCC(O)CC2)cc1. The van der Waals surface area contributed by atoms with Gasteiger partial charge in [-0.15, -0.1) is 0 Å². The molecule has 2 heterocycles. The van der Waals surface area contributed by atoms with E-state index in [9.17, 15) is 5.11 Å². The molecular weight excluding hydrogens is 374 g/mol. The first-order chi connectivity index (χ1) is 14.7. The first kappa shape index (κ1) is 20.4. The van der Waals surface area contributed by atoms with Gasteiger partial charge in [0.2, 0.25) is 0 Å². The zero-order chi connectivity index (χ0) is 20.8. The third-order valence-corrected chi connectivity index (χ3v) is 5.69. The lowest BCUT2D eigenvalue weighted by Crippen LogP contribution is -2.37. The zero-order valence-electron chi connectivity index (χ0n) is 17.4. The van der Waals surface area contributed by atoms with Gasteiger partial charge in [-0.05, 0) is 36.6 Å². The number of benzene rings is 2. The van der Waals surface area contributed by atoms with Crippen LogP contribution in [-0.4, -0.2) is 52.4 Å². The lowest BCUT2D eigenvalue weighted by molar-refractivity contribution is 0.0809. The molecule has 5 nitrogen and oxygen atoms in total. The topological polar surface area (TPSA) is 50.5 Å². The van der Waals surface area contributed by atoms with Gasteiger partial charge >= 0.3 is 0 Å². The summed E-state index contributed by atoms with van der Waals surface area (Å²) in [7, 11) is 1.68. The number of imidazole rings is 1. The second-order valence-corrected chi connectivity index (χ2v) is 7.72. The first-order valence-electron chi connectivity index (χ1n) is 10.6. The Bertz CT molecular complexity index is 956. The molecule has 0 radical (unpaired) electrons. The van der Waals surface area contributed by atoms with Crippen LogP contribution in [0.15, 0.2) is 60.9 Å². The Morgan fingerprint density at radius 3 is 2.43 bits per heavy atom. The van der Waals surface area contributed by atoms with E-state index in [0.29, 0.717) is 0 Å². The van der Waals surface area contributed by atoms with Crippen molar-refractivity contribution >= 4 is 12.2 Å². The maximum atomic E-state index is 9.74. The Kier molecular flexibility index (Phi) is 6.62. The van der Waals surface area contributed by atoms with Gasteiger partial charge in [0.15, 0.2) is 0 Å². The predicted molar refractivity (Wildman–Crippen MR) is 121 cm³/mol. The second kappa shape index (κ2) is 9.74. The van der Waals surface area contributed by atoms with Crippen LogP contribution in [0.5, 0.6) is 5.75 Å². The maximum absolute atomic E-state index is 9.74. The van der Waals surface area contributed by atoms with E-state index in [0.717, 1.165) is 67.3 Å². The highest BCUT2D eigenvalue weighted by Crippen LogP contribution is 2.24. The minimum absolute atomic E-state index is 0.137. The third-order valence-electron chi connectivity index (χ3n) is 5.69. The molecule has 0 amide bonds. The van der Waals surface area contributed by atoms with E-state index in [-0.39, 0.29) is 6.10 Å². The Morgan fingerprint density at radius 1 is 1.00 bits per heavy atom. The molecule has 0 bridgehead atoms. The van der Waals surface area contributed by atoms with Crippen molar-refractivity contribution in [2.75, 3.05) is 26.7 Å². The van der Waals surface area contributed by atoms with Gasteiger partial charge in [-0.2, -0.15) is 0 Å². The first-order valence-corrected chi connectivity index (χ1v) is 10.6. The molecule has 2 aromatic carbocycles. The number of piperidine rings is 1. The summed E-state index contributed by atoms with van der Waals surface area (Å²) in [6.07, 6.45) is 7.80. The molecule has 1 fully saturated rings. The number of hydrogen-bond donors (Lipinski definition) is 1. The normalized spacial score (nSPS) is 15.7. The number of rotatable bonds is 7. The summed E-state index contributed by atoms with van der Waals surface area (Å²) in [6, 6.07) is 18.4. The van der Waals surface area contributed by atoms with Gasteiger partial charge in [-0.1, -0.05) is 48.5 Å². The molecule has 30 heavy (non-hydrogen) atoms. The van der Waals surface area contributed by atoms with Crippen molar-refractivity contribution in [2.45, 2.75) is 25.5 Å². The van der Waals surface area contributed by atoms with Gasteiger partial charge in [0, 0.05) is 31.7 Å². The van der Waals surface area contributed by atoms with E-state index in [1.165, 1.54) is 0 Å². The molecule has 156 valence electrons. The molecular formula is C25H29N3O2. The van der Waals surface area contributed by atoms with Crippen LogP contribution in [0.1, 0.15) is 24.1 Å². The van der Waals surface area contributed by atoms with E-state index in [2.05, 4.69) is 45.9 Å². The molecule has 4 rings (SSSR count). The highest BCUT2D eigenvalue weighted by atomic mass is 16.5. The van der Waals surface area contributed by atoms with Crippen molar-refractivity contribution in [3.05, 3.63) is 72.2 Å². The molecule has 1 aromatic heterocycles. The highest BCUT2D eigenvalue weighted by molar-refractivity contribution is 5.77. The molecule has 0 spiro atoms. The van der Waals surface area contributed by atoms with Crippen molar-refractivity contribution in [1.82, 2.24) is 14.5 Å². The molecule has 0 atom stereocenters. The maximum Gasteiger partial charge on any atom is 0.118 e. The zero-order valence-corrected chi connectivity index (χ0v) is 17.4. The van der Waals surface area contributed by atoms with Gasteiger partial charge in [0.25, 0.3) is 0 Å². The Labute approximate surface area is 178 Å². The fourth-order valence-electron chi connectivity index (χ4n) is 3.85. The van der Waals surface area contributed by atoms with Crippen LogP contribution in [0.2, 0.25) is 0 Å². The predicted octanol–water partition coefficient (Wildman–Crippen LogP) is 4.19. The van der Waals surface area contributed by atoms with Gasteiger partial charge in [-0.25, -0.2) is 4.98 Å². The van der Waals surface area contributed by atoms with Crippen LogP contribution in [0.25, 0.3) is 23.4 Å². The average Bonchev–Trinajstić information content (AvgIpc) is 3.21. The molecule has 3 aromatic rings. The molecule has 1 N–H and O–H groups in total. The number of methoxy groups -OCH3 is 1. The summed E-state index contributed by atoms with van der Waals surface area (Å²) in [5, 5.41) is 9.74. The fourth-order valence-corrected chi connectivity index (χ4v) is 3.85. The number of aliphatic hydroxyl groups is 1. The van der Waals surface area contributed by atoms with Crippen LogP contribution in [0.4, 0.5) is 0 Å². The molecule has 1 aliphatic rings. The second-order valence-electron chi connectivity index (χ2n) is 7.72. The summed E-state index contributed by atoms with van der Waals surface area (Å²) in [6.45, 7) is 3.75. The van der Waals surface area contributed by atoms with E-state index < -0.39 is 0 Å². The van der Waals surface area contributed by atoms with E-state index in [1.54, 1.807) is 7.11 Å². The van der Waals surface area contributed by atoms with Gasteiger partial charge < -0.3 is 19.3 Å². The van der Waals surface area contributed by atoms with Crippen molar-refractivity contribution < 1.29 is 9.84 Å². The number of nitrogens with zero attached hydrogens (tertiary/aromatic N) is 3. The molecule has 0 saturated carbocycles. The molecule has 0 aliphatic carbocycles. The van der Waals surface area contributed by atoms with Gasteiger partial charge in [-0.3, -0.25) is 0 Å². The smallest absolute Gasteiger partial charge is 0.118 e. The number of likely N-dealkylation sites (tertiary alicyclic amines) is 1. The third kappa shape index (κ3) is 4.99. The van der Waals surface area contributed by atoms with Crippen LogP contribution >= 0.6 is 0 Å². The minimum atomic E-state index is -0.137. The summed E-state index contributed by atoms with van der Waals surface area (Å²) in [5.74, 6) is 0.855. The molecule has 5 heteroatoms. The lowest BCUT2D eigenvalue weighted by Gasteiger charge is -2.29. The average molecular weight is 404 g/mol. The number of ether oxygens (including phenoxy) is 1. The number of hydrogen-bond acceptors (Lipinski definition) is 4. The summed E-state index contributed by atoms with van der Waals surface area (Å²) in [4.78, 5) is 7.16. The van der Waals surface area contributed by atoms with Crippen molar-refractivity contribution in [2.24, 2.45) is 0 Å². The van der Waals surface area contributed by atoms with E-state index >= 15 is 0 Å². The van der Waals surface area contributed by atoms with Crippen LogP contribution in [0, 0.1) is 0 Å². The Morgan fingerprint density at radius 2 is 1.73 bits per heavy atom. The molecule has 1 aliphatic heterocycles. The molecule has 0 unspecified atom stereocenters. The number of aliphatic hydroxyl groups excluding tert-OH is 1. The minimum Gasteiger partial charge on any atom is -0.497 e. The van der Waals surface area contributed by atoms with Crippen LogP contribution < -0.4 is 4.74 Å². The fraction of sp³-hybridized carbons (Fsp3) is 0.320. The van der Waals surface area contributed by atoms with E-state index in [1.807, 2.05) is 36.7 Å². The Hall–Kier alpha value is -2.89. The largest absolute Gasteiger partial charge is 0.497 e. The summed E-state index contributed by atoms with van der Waals surface area (Å²) >= 11 is 0. The van der Waals surface area contributed by atoms with Crippen LogP contribution in [-0.2, 0) is 6.54 Å². The number of aromatic nitrogens is 2. The van der Waals surface area contributed by atoms with E-state index in [4.69, 9.17) is 9.72 Å². The summed E-state index contributed by atoms with van der Waals surface area (Å²) in [5.41, 5.74) is 4.34. The quantitative estimate of drug-likeness (QED) is 0.643. The summed E-state index contributed by atoms with van der Waals surface area (Å²) < 4.78 is 7.48. The highest BCUT2D eigenvalue weighted by Gasteiger charge is 2.17. The van der Waals surface area contributed by atoms with Crippen LogP contribution in [0.3, 0.4) is 0 Å². The Balaban J connectivity index is 1.56. The monoisotopic (exact) mass is 403 g/mol.